The number of nitrogen functional groups attached to an aromatic ring is 1. The van der Waals surface area contributed by atoms with E-state index in [-0.39, 0.29) is 5.97 Å². The molecule has 0 aliphatic heterocycles. The zero-order valence-electron chi connectivity index (χ0n) is 9.23. The van der Waals surface area contributed by atoms with Crippen LogP contribution >= 0.6 is 0 Å². The van der Waals surface area contributed by atoms with Crippen LogP contribution in [0.4, 0.5) is 5.69 Å². The fourth-order valence-electron chi connectivity index (χ4n) is 1.42. The summed E-state index contributed by atoms with van der Waals surface area (Å²) in [4.78, 5) is 11.2. The summed E-state index contributed by atoms with van der Waals surface area (Å²) in [6.45, 7) is 0.710. The first-order valence-electron chi connectivity index (χ1n) is 5.31. The first-order chi connectivity index (χ1) is 7.70. The van der Waals surface area contributed by atoms with Crippen LogP contribution in [0.2, 0.25) is 0 Å². The zero-order chi connectivity index (χ0) is 11.5. The summed E-state index contributed by atoms with van der Waals surface area (Å²) in [5, 5.41) is 0. The van der Waals surface area contributed by atoms with Gasteiger partial charge in [-0.1, -0.05) is 0 Å². The summed E-state index contributed by atoms with van der Waals surface area (Å²) in [5.74, 6) is 0.930. The Morgan fingerprint density at radius 1 is 1.50 bits per heavy atom. The Hall–Kier alpha value is -1.71. The molecule has 2 rings (SSSR count). The SMILES string of the molecule is COC(=O)c1ccc(OCC2CC2)c(N)c1. The maximum absolute atomic E-state index is 11.2. The van der Waals surface area contributed by atoms with Crippen molar-refractivity contribution >= 4 is 11.7 Å². The Balaban J connectivity index is 2.05. The Labute approximate surface area is 94.3 Å². The van der Waals surface area contributed by atoms with Crippen molar-refractivity contribution < 1.29 is 14.3 Å². The molecule has 0 aromatic heterocycles. The first kappa shape index (κ1) is 10.8. The summed E-state index contributed by atoms with van der Waals surface area (Å²) < 4.78 is 10.2. The van der Waals surface area contributed by atoms with E-state index in [1.165, 1.54) is 20.0 Å². The van der Waals surface area contributed by atoms with Crippen LogP contribution in [0.15, 0.2) is 18.2 Å². The van der Waals surface area contributed by atoms with Crippen LogP contribution in [-0.2, 0) is 4.74 Å². The summed E-state index contributed by atoms with van der Waals surface area (Å²) in [6, 6.07) is 4.95. The number of carbonyl (C=O) groups is 1. The number of carbonyl (C=O) groups excluding carboxylic acids is 1. The van der Waals surface area contributed by atoms with E-state index >= 15 is 0 Å². The predicted molar refractivity (Wildman–Crippen MR) is 60.4 cm³/mol. The number of ether oxygens (including phenoxy) is 2. The van der Waals surface area contributed by atoms with Gasteiger partial charge in [0.2, 0.25) is 0 Å². The highest BCUT2D eigenvalue weighted by Crippen LogP contribution is 2.31. The third kappa shape index (κ3) is 2.45. The lowest BCUT2D eigenvalue weighted by atomic mass is 10.2. The molecule has 1 fully saturated rings. The second-order valence-electron chi connectivity index (χ2n) is 4.00. The van der Waals surface area contributed by atoms with Crippen LogP contribution in [0.25, 0.3) is 0 Å². The lowest BCUT2D eigenvalue weighted by Crippen LogP contribution is -2.05. The highest BCUT2D eigenvalue weighted by atomic mass is 16.5. The van der Waals surface area contributed by atoms with Crippen molar-refractivity contribution in [1.29, 1.82) is 0 Å². The Morgan fingerprint density at radius 3 is 2.81 bits per heavy atom. The van der Waals surface area contributed by atoms with E-state index in [2.05, 4.69) is 4.74 Å². The fraction of sp³-hybridized carbons (Fsp3) is 0.417. The molecule has 1 aromatic rings. The Morgan fingerprint density at radius 2 is 2.25 bits per heavy atom. The number of rotatable bonds is 4. The standard InChI is InChI=1S/C12H15NO3/c1-15-12(14)9-4-5-11(10(13)6-9)16-7-8-2-3-8/h4-6,8H,2-3,7,13H2,1H3. The van der Waals surface area contributed by atoms with Crippen molar-refractivity contribution in [1.82, 2.24) is 0 Å². The maximum Gasteiger partial charge on any atom is 0.337 e. The fourth-order valence-corrected chi connectivity index (χ4v) is 1.42. The smallest absolute Gasteiger partial charge is 0.337 e. The van der Waals surface area contributed by atoms with Gasteiger partial charge in [-0.15, -0.1) is 0 Å². The summed E-state index contributed by atoms with van der Waals surface area (Å²) >= 11 is 0. The minimum Gasteiger partial charge on any atom is -0.491 e. The largest absolute Gasteiger partial charge is 0.491 e. The van der Waals surface area contributed by atoms with Crippen molar-refractivity contribution in [3.63, 3.8) is 0 Å². The van der Waals surface area contributed by atoms with Crippen molar-refractivity contribution in [3.05, 3.63) is 23.8 Å². The van der Waals surface area contributed by atoms with Gasteiger partial charge in [0.15, 0.2) is 0 Å². The van der Waals surface area contributed by atoms with Gasteiger partial charge >= 0.3 is 5.97 Å². The molecule has 0 radical (unpaired) electrons. The number of anilines is 1. The molecule has 0 amide bonds. The molecule has 86 valence electrons. The van der Waals surface area contributed by atoms with E-state index in [9.17, 15) is 4.79 Å². The minimum absolute atomic E-state index is 0.388. The lowest BCUT2D eigenvalue weighted by molar-refractivity contribution is 0.0601. The van der Waals surface area contributed by atoms with E-state index in [0.717, 1.165) is 0 Å². The predicted octanol–water partition coefficient (Wildman–Crippen LogP) is 1.84. The van der Waals surface area contributed by atoms with Crippen LogP contribution in [0, 0.1) is 5.92 Å². The third-order valence-electron chi connectivity index (χ3n) is 2.60. The highest BCUT2D eigenvalue weighted by Gasteiger charge is 2.22. The molecule has 0 heterocycles. The summed E-state index contributed by atoms with van der Waals surface area (Å²) in [7, 11) is 1.34. The van der Waals surface area contributed by atoms with Crippen molar-refractivity contribution in [2.24, 2.45) is 5.92 Å². The quantitative estimate of drug-likeness (QED) is 0.622. The van der Waals surface area contributed by atoms with Gasteiger partial charge in [-0.2, -0.15) is 0 Å². The maximum atomic E-state index is 11.2. The Kier molecular flexibility index (Phi) is 2.99. The van der Waals surface area contributed by atoms with Gasteiger partial charge in [-0.05, 0) is 37.0 Å². The topological polar surface area (TPSA) is 61.5 Å². The van der Waals surface area contributed by atoms with E-state index in [1.807, 2.05) is 0 Å². The zero-order valence-corrected chi connectivity index (χ0v) is 9.23. The minimum atomic E-state index is -0.388. The van der Waals surface area contributed by atoms with Gasteiger partial charge in [-0.3, -0.25) is 0 Å². The third-order valence-corrected chi connectivity index (χ3v) is 2.60. The average molecular weight is 221 g/mol. The van der Waals surface area contributed by atoms with Gasteiger partial charge in [0.1, 0.15) is 5.75 Å². The van der Waals surface area contributed by atoms with Gasteiger partial charge in [0, 0.05) is 0 Å². The lowest BCUT2D eigenvalue weighted by Gasteiger charge is -2.09. The van der Waals surface area contributed by atoms with Crippen molar-refractivity contribution in [2.75, 3.05) is 19.5 Å². The highest BCUT2D eigenvalue weighted by molar-refractivity contribution is 5.90. The van der Waals surface area contributed by atoms with Gasteiger partial charge in [0.05, 0.1) is 25.0 Å². The first-order valence-corrected chi connectivity index (χ1v) is 5.31. The van der Waals surface area contributed by atoms with Gasteiger partial charge in [-0.25, -0.2) is 4.79 Å². The number of esters is 1. The number of hydrogen-bond donors (Lipinski definition) is 1. The monoisotopic (exact) mass is 221 g/mol. The molecule has 0 saturated heterocycles. The average Bonchev–Trinajstić information content (AvgIpc) is 3.10. The van der Waals surface area contributed by atoms with E-state index in [1.54, 1.807) is 18.2 Å². The number of nitrogens with two attached hydrogens (primary N) is 1. The molecule has 1 aliphatic rings. The van der Waals surface area contributed by atoms with Crippen LogP contribution in [0.3, 0.4) is 0 Å². The molecule has 2 N–H and O–H groups in total. The summed E-state index contributed by atoms with van der Waals surface area (Å²) in [6.07, 6.45) is 2.47. The van der Waals surface area contributed by atoms with E-state index in [4.69, 9.17) is 10.5 Å². The molecule has 4 nitrogen and oxygen atoms in total. The molecule has 16 heavy (non-hydrogen) atoms. The van der Waals surface area contributed by atoms with Crippen LogP contribution in [0.5, 0.6) is 5.75 Å². The molecular weight excluding hydrogens is 206 g/mol. The van der Waals surface area contributed by atoms with Crippen LogP contribution in [-0.4, -0.2) is 19.7 Å². The molecule has 1 aromatic carbocycles. The molecule has 0 bridgehead atoms. The molecule has 0 spiro atoms. The molecule has 1 aliphatic carbocycles. The molecular formula is C12H15NO3. The number of benzene rings is 1. The van der Waals surface area contributed by atoms with Crippen molar-refractivity contribution in [2.45, 2.75) is 12.8 Å². The second kappa shape index (κ2) is 4.43. The molecule has 0 atom stereocenters. The molecule has 4 heteroatoms. The normalized spacial score (nSPS) is 14.6. The molecule has 0 unspecified atom stereocenters. The van der Waals surface area contributed by atoms with Gasteiger partial charge < -0.3 is 15.2 Å². The van der Waals surface area contributed by atoms with Crippen LogP contribution < -0.4 is 10.5 Å². The number of methoxy groups -OCH3 is 1. The van der Waals surface area contributed by atoms with Gasteiger partial charge in [0.25, 0.3) is 0 Å². The van der Waals surface area contributed by atoms with E-state index < -0.39 is 0 Å². The van der Waals surface area contributed by atoms with Crippen molar-refractivity contribution in [3.8, 4) is 5.75 Å². The second-order valence-corrected chi connectivity index (χ2v) is 4.00. The Bertz CT molecular complexity index is 399. The molecule has 1 saturated carbocycles. The number of hydrogen-bond acceptors (Lipinski definition) is 4. The van der Waals surface area contributed by atoms with E-state index in [0.29, 0.717) is 29.5 Å². The van der Waals surface area contributed by atoms with Crippen LogP contribution in [0.1, 0.15) is 23.2 Å². The summed E-state index contributed by atoms with van der Waals surface area (Å²) in [5.41, 5.74) is 6.71.